The number of sulfonamides is 1. The highest BCUT2D eigenvalue weighted by Crippen LogP contribution is 2.32. The fourth-order valence-electron chi connectivity index (χ4n) is 4.48. The van der Waals surface area contributed by atoms with Crippen molar-refractivity contribution >= 4 is 39.5 Å². The van der Waals surface area contributed by atoms with Gasteiger partial charge in [0.25, 0.3) is 11.8 Å². The van der Waals surface area contributed by atoms with Gasteiger partial charge in [0.15, 0.2) is 0 Å². The third-order valence-corrected chi connectivity index (χ3v) is 7.47. The summed E-state index contributed by atoms with van der Waals surface area (Å²) in [6.07, 6.45) is -2.17. The standard InChI is InChI=1S/C27H33F3N6O6S/c1-15(2)33-26(40)36-20-12-9-17(27(28,29)30)13-19(20)25(39)32-14-23(37)34-21-5-3-4-6-22(21)35-24(38)16-7-10-18(11-8-16)43(31,41)42/h7-13,15,21-22H,3-6,14H2,1-2H3,(H,32,39)(H,34,37)(H,35,38)(H2,31,41,42)(H2,33,36,40)/t21-,22+/m1/s1. The van der Waals surface area contributed by atoms with Crippen molar-refractivity contribution in [3.63, 3.8) is 0 Å². The van der Waals surface area contributed by atoms with Gasteiger partial charge in [-0.2, -0.15) is 13.2 Å². The number of carbonyl (C=O) groups excluding carboxylic acids is 4. The molecule has 0 bridgehead atoms. The van der Waals surface area contributed by atoms with E-state index in [1.165, 1.54) is 24.3 Å². The van der Waals surface area contributed by atoms with Crippen LogP contribution < -0.4 is 31.7 Å². The number of hydrogen-bond acceptors (Lipinski definition) is 6. The molecule has 0 radical (unpaired) electrons. The summed E-state index contributed by atoms with van der Waals surface area (Å²) in [5.74, 6) is -2.15. The number of rotatable bonds is 9. The van der Waals surface area contributed by atoms with E-state index in [1.807, 2.05) is 0 Å². The molecule has 0 aliphatic heterocycles. The third-order valence-electron chi connectivity index (χ3n) is 6.54. The summed E-state index contributed by atoms with van der Waals surface area (Å²) >= 11 is 0. The van der Waals surface area contributed by atoms with E-state index >= 15 is 0 Å². The molecule has 1 aliphatic rings. The molecule has 1 saturated carbocycles. The first-order valence-corrected chi connectivity index (χ1v) is 14.9. The van der Waals surface area contributed by atoms with E-state index in [2.05, 4.69) is 26.6 Å². The number of amides is 5. The number of alkyl halides is 3. The largest absolute Gasteiger partial charge is 0.416 e. The topological polar surface area (TPSA) is 189 Å². The summed E-state index contributed by atoms with van der Waals surface area (Å²) in [6, 6.07) is 5.30. The molecule has 5 amide bonds. The van der Waals surface area contributed by atoms with Crippen LogP contribution in [0.5, 0.6) is 0 Å². The van der Waals surface area contributed by atoms with E-state index in [-0.39, 0.29) is 22.2 Å². The van der Waals surface area contributed by atoms with Gasteiger partial charge in [0, 0.05) is 23.7 Å². The number of carbonyl (C=O) groups is 4. The molecule has 2 aromatic rings. The first-order chi connectivity index (χ1) is 20.0. The molecule has 12 nitrogen and oxygen atoms in total. The minimum Gasteiger partial charge on any atom is -0.350 e. The molecule has 43 heavy (non-hydrogen) atoms. The maximum absolute atomic E-state index is 13.3. The Morgan fingerprint density at radius 2 is 1.53 bits per heavy atom. The van der Waals surface area contributed by atoms with Crippen LogP contribution >= 0.6 is 0 Å². The number of anilines is 1. The number of nitrogens with one attached hydrogen (secondary N) is 5. The first-order valence-electron chi connectivity index (χ1n) is 13.3. The average molecular weight is 627 g/mol. The van der Waals surface area contributed by atoms with Crippen molar-refractivity contribution < 1.29 is 40.8 Å². The molecule has 2 aromatic carbocycles. The number of hydrogen-bond donors (Lipinski definition) is 6. The van der Waals surface area contributed by atoms with Gasteiger partial charge in [0.2, 0.25) is 15.9 Å². The van der Waals surface area contributed by atoms with Crippen LogP contribution in [0.15, 0.2) is 47.4 Å². The Labute approximate surface area is 246 Å². The van der Waals surface area contributed by atoms with E-state index in [4.69, 9.17) is 5.14 Å². The molecule has 0 unspecified atom stereocenters. The van der Waals surface area contributed by atoms with Crippen LogP contribution in [0.25, 0.3) is 0 Å². The van der Waals surface area contributed by atoms with Crippen molar-refractivity contribution in [2.24, 2.45) is 5.14 Å². The Kier molecular flexibility index (Phi) is 10.7. The molecule has 1 fully saturated rings. The molecule has 0 saturated heterocycles. The predicted octanol–water partition coefficient (Wildman–Crippen LogP) is 2.47. The molecule has 0 spiro atoms. The average Bonchev–Trinajstić information content (AvgIpc) is 2.91. The van der Waals surface area contributed by atoms with Crippen LogP contribution in [0.4, 0.5) is 23.7 Å². The third kappa shape index (κ3) is 9.68. The zero-order chi connectivity index (χ0) is 31.9. The minimum atomic E-state index is -4.75. The Morgan fingerprint density at radius 1 is 0.930 bits per heavy atom. The Bertz CT molecular complexity index is 1460. The first kappa shape index (κ1) is 33.3. The molecule has 2 atom stereocenters. The maximum Gasteiger partial charge on any atom is 0.416 e. The summed E-state index contributed by atoms with van der Waals surface area (Å²) in [5, 5.41) is 17.8. The molecule has 234 valence electrons. The minimum absolute atomic E-state index is 0.152. The van der Waals surface area contributed by atoms with Crippen LogP contribution in [0.2, 0.25) is 0 Å². The highest BCUT2D eigenvalue weighted by molar-refractivity contribution is 7.89. The molecule has 16 heteroatoms. The maximum atomic E-state index is 13.3. The van der Waals surface area contributed by atoms with Gasteiger partial charge in [0.05, 0.1) is 28.3 Å². The molecular formula is C27H33F3N6O6S. The fourth-order valence-corrected chi connectivity index (χ4v) is 4.99. The zero-order valence-electron chi connectivity index (χ0n) is 23.4. The highest BCUT2D eigenvalue weighted by Gasteiger charge is 2.32. The van der Waals surface area contributed by atoms with E-state index in [0.717, 1.165) is 25.0 Å². The summed E-state index contributed by atoms with van der Waals surface area (Å²) in [4.78, 5) is 50.3. The lowest BCUT2D eigenvalue weighted by molar-refractivity contribution is -0.137. The van der Waals surface area contributed by atoms with Crippen LogP contribution in [0, 0.1) is 0 Å². The molecule has 0 aromatic heterocycles. The van der Waals surface area contributed by atoms with Crippen molar-refractivity contribution in [3.05, 3.63) is 59.2 Å². The Balaban J connectivity index is 1.65. The van der Waals surface area contributed by atoms with E-state index in [0.29, 0.717) is 18.9 Å². The van der Waals surface area contributed by atoms with E-state index in [1.54, 1.807) is 13.8 Å². The predicted molar refractivity (Wildman–Crippen MR) is 151 cm³/mol. The number of halogens is 3. The lowest BCUT2D eigenvalue weighted by Gasteiger charge is -2.33. The van der Waals surface area contributed by atoms with E-state index < -0.39 is 69.7 Å². The molecule has 1 aliphatic carbocycles. The molecule has 3 rings (SSSR count). The van der Waals surface area contributed by atoms with Crippen LogP contribution in [0.1, 0.15) is 65.8 Å². The molecule has 7 N–H and O–H groups in total. The van der Waals surface area contributed by atoms with Gasteiger partial charge in [-0.3, -0.25) is 14.4 Å². The monoisotopic (exact) mass is 626 g/mol. The number of primary sulfonamides is 1. The second kappa shape index (κ2) is 13.9. The van der Waals surface area contributed by atoms with Crippen LogP contribution in [-0.4, -0.2) is 56.8 Å². The van der Waals surface area contributed by atoms with Gasteiger partial charge in [0.1, 0.15) is 0 Å². The fraction of sp³-hybridized carbons (Fsp3) is 0.407. The Morgan fingerprint density at radius 3 is 2.09 bits per heavy atom. The SMILES string of the molecule is CC(C)NC(=O)Nc1ccc(C(F)(F)F)cc1C(=O)NCC(=O)N[C@@H]1CCCC[C@@H]1NC(=O)c1ccc(S(N)(=O)=O)cc1. The number of urea groups is 1. The molecular weight excluding hydrogens is 593 g/mol. The highest BCUT2D eigenvalue weighted by atomic mass is 32.2. The van der Waals surface area contributed by atoms with Crippen molar-refractivity contribution in [1.82, 2.24) is 21.3 Å². The summed E-state index contributed by atoms with van der Waals surface area (Å²) in [5.41, 5.74) is -1.60. The van der Waals surface area contributed by atoms with Crippen LogP contribution in [-0.2, 0) is 21.0 Å². The lowest BCUT2D eigenvalue weighted by atomic mass is 9.90. The second-order valence-electron chi connectivity index (χ2n) is 10.3. The van der Waals surface area contributed by atoms with Gasteiger partial charge < -0.3 is 26.6 Å². The lowest BCUT2D eigenvalue weighted by Crippen LogP contribution is -2.54. The smallest absolute Gasteiger partial charge is 0.350 e. The van der Waals surface area contributed by atoms with Gasteiger partial charge >= 0.3 is 12.2 Å². The zero-order valence-corrected chi connectivity index (χ0v) is 24.2. The summed E-state index contributed by atoms with van der Waals surface area (Å²) < 4.78 is 62.8. The van der Waals surface area contributed by atoms with Gasteiger partial charge in [-0.25, -0.2) is 18.4 Å². The second-order valence-corrected chi connectivity index (χ2v) is 11.9. The Hall–Kier alpha value is -4.18. The van der Waals surface area contributed by atoms with Crippen LogP contribution in [0.3, 0.4) is 0 Å². The molecule has 0 heterocycles. The normalized spacial score (nSPS) is 17.1. The van der Waals surface area contributed by atoms with Gasteiger partial charge in [-0.05, 0) is 69.2 Å². The van der Waals surface area contributed by atoms with Crippen molar-refractivity contribution in [2.75, 3.05) is 11.9 Å². The van der Waals surface area contributed by atoms with Crippen molar-refractivity contribution in [2.45, 2.75) is 68.7 Å². The summed E-state index contributed by atoms with van der Waals surface area (Å²) in [7, 11) is -3.93. The summed E-state index contributed by atoms with van der Waals surface area (Å²) in [6.45, 7) is 2.77. The van der Waals surface area contributed by atoms with Gasteiger partial charge in [-0.15, -0.1) is 0 Å². The van der Waals surface area contributed by atoms with Gasteiger partial charge in [-0.1, -0.05) is 12.8 Å². The van der Waals surface area contributed by atoms with Crippen molar-refractivity contribution in [3.8, 4) is 0 Å². The van der Waals surface area contributed by atoms with Crippen molar-refractivity contribution in [1.29, 1.82) is 0 Å². The number of nitrogens with two attached hydrogens (primary N) is 1. The number of benzene rings is 2. The quantitative estimate of drug-likeness (QED) is 0.248. The van der Waals surface area contributed by atoms with E-state index in [9.17, 15) is 40.8 Å².